The van der Waals surface area contributed by atoms with E-state index in [4.69, 9.17) is 0 Å². The normalized spacial score (nSPS) is 12.0. The number of hydrogen-bond donors (Lipinski definition) is 1. The van der Waals surface area contributed by atoms with Gasteiger partial charge in [0.1, 0.15) is 5.00 Å². The van der Waals surface area contributed by atoms with Crippen molar-refractivity contribution in [2.45, 2.75) is 19.4 Å². The van der Waals surface area contributed by atoms with Gasteiger partial charge in [-0.15, -0.1) is 11.3 Å². The van der Waals surface area contributed by atoms with Crippen molar-refractivity contribution in [1.29, 1.82) is 0 Å². The van der Waals surface area contributed by atoms with Crippen molar-refractivity contribution in [2.24, 2.45) is 0 Å². The van der Waals surface area contributed by atoms with Crippen molar-refractivity contribution in [3.8, 4) is 5.00 Å². The lowest BCUT2D eigenvalue weighted by molar-refractivity contribution is -0.122. The van der Waals surface area contributed by atoms with Gasteiger partial charge in [-0.05, 0) is 40.4 Å². The number of nitrogens with one attached hydrogen (secondary N) is 1. The molecule has 124 valence electrons. The third-order valence-electron chi connectivity index (χ3n) is 3.67. The minimum atomic E-state index is -0.317. The average molecular weight is 343 g/mol. The Morgan fingerprint density at radius 1 is 1.21 bits per heavy atom. The lowest BCUT2D eigenvalue weighted by atomic mass is 10.0. The van der Waals surface area contributed by atoms with E-state index in [1.807, 2.05) is 48.7 Å². The first kappa shape index (κ1) is 16.1. The lowest BCUT2D eigenvalue weighted by Gasteiger charge is -2.12. The molecule has 7 nitrogen and oxygen atoms in total. The third kappa shape index (κ3) is 3.43. The number of carbonyl (C=O) groups excluding carboxylic acids is 1. The quantitative estimate of drug-likeness (QED) is 0.734. The van der Waals surface area contributed by atoms with E-state index in [2.05, 4.69) is 15.7 Å². The third-order valence-corrected chi connectivity index (χ3v) is 4.51. The predicted molar refractivity (Wildman–Crippen MR) is 91.4 cm³/mol. The van der Waals surface area contributed by atoms with Gasteiger partial charge in [0, 0.05) is 6.54 Å². The van der Waals surface area contributed by atoms with E-state index < -0.39 is 0 Å². The van der Waals surface area contributed by atoms with E-state index in [-0.39, 0.29) is 24.1 Å². The number of hydrogen-bond acceptors (Lipinski definition) is 5. The number of aromatic nitrogens is 4. The molecule has 24 heavy (non-hydrogen) atoms. The van der Waals surface area contributed by atoms with Crippen LogP contribution in [0.2, 0.25) is 0 Å². The van der Waals surface area contributed by atoms with Crippen LogP contribution in [0.15, 0.2) is 52.6 Å². The van der Waals surface area contributed by atoms with Crippen LogP contribution in [-0.4, -0.2) is 32.2 Å². The fourth-order valence-corrected chi connectivity index (χ4v) is 2.94. The van der Waals surface area contributed by atoms with Crippen LogP contribution in [0.5, 0.6) is 0 Å². The summed E-state index contributed by atoms with van der Waals surface area (Å²) in [5.41, 5.74) is 0.638. The SMILES string of the molecule is C[C@H](C(=O)NCCn1nnn(-c2cccs2)c1=O)c1ccccc1. The fourth-order valence-electron chi connectivity index (χ4n) is 2.27. The van der Waals surface area contributed by atoms with Crippen LogP contribution < -0.4 is 11.0 Å². The minimum Gasteiger partial charge on any atom is -0.354 e. The highest BCUT2D eigenvalue weighted by Gasteiger charge is 2.15. The molecule has 0 unspecified atom stereocenters. The Bertz CT molecular complexity index is 854. The van der Waals surface area contributed by atoms with Crippen LogP contribution in [0.25, 0.3) is 5.00 Å². The van der Waals surface area contributed by atoms with Gasteiger partial charge >= 0.3 is 5.69 Å². The number of tetrazole rings is 1. The monoisotopic (exact) mass is 343 g/mol. The van der Waals surface area contributed by atoms with Gasteiger partial charge in [0.05, 0.1) is 12.5 Å². The van der Waals surface area contributed by atoms with Crippen LogP contribution in [0, 0.1) is 0 Å². The van der Waals surface area contributed by atoms with E-state index in [1.165, 1.54) is 20.7 Å². The second kappa shape index (κ2) is 7.22. The molecule has 0 aliphatic heterocycles. The Hall–Kier alpha value is -2.74. The van der Waals surface area contributed by atoms with Crippen LogP contribution in [0.4, 0.5) is 0 Å². The summed E-state index contributed by atoms with van der Waals surface area (Å²) in [7, 11) is 0. The molecule has 1 amide bonds. The van der Waals surface area contributed by atoms with Crippen molar-refractivity contribution in [3.05, 3.63) is 63.9 Å². The molecule has 2 heterocycles. The van der Waals surface area contributed by atoms with Crippen molar-refractivity contribution >= 4 is 17.2 Å². The molecule has 8 heteroatoms. The second-order valence-electron chi connectivity index (χ2n) is 5.27. The molecule has 2 aromatic heterocycles. The lowest BCUT2D eigenvalue weighted by Crippen LogP contribution is -2.33. The fraction of sp³-hybridized carbons (Fsp3) is 0.250. The minimum absolute atomic E-state index is 0.0834. The average Bonchev–Trinajstić information content (AvgIpc) is 3.25. The van der Waals surface area contributed by atoms with Gasteiger partial charge in [-0.3, -0.25) is 4.79 Å². The largest absolute Gasteiger partial charge is 0.369 e. The zero-order valence-electron chi connectivity index (χ0n) is 13.1. The summed E-state index contributed by atoms with van der Waals surface area (Å²) in [5.74, 6) is -0.329. The Labute approximate surface area is 142 Å². The second-order valence-corrected chi connectivity index (χ2v) is 6.20. The summed E-state index contributed by atoms with van der Waals surface area (Å²) in [6, 6.07) is 13.2. The maximum atomic E-state index is 12.2. The molecule has 1 atom stereocenters. The number of amides is 1. The Balaban J connectivity index is 1.57. The molecule has 1 N–H and O–H groups in total. The van der Waals surface area contributed by atoms with Gasteiger partial charge < -0.3 is 5.32 Å². The standard InChI is InChI=1S/C16H17N5O2S/c1-12(13-6-3-2-4-7-13)15(22)17-9-10-20-16(23)21(19-18-20)14-8-5-11-24-14/h2-8,11-12H,9-10H2,1H3,(H,17,22)/t12-/m0/s1. The molecule has 0 saturated heterocycles. The van der Waals surface area contributed by atoms with Crippen molar-refractivity contribution in [3.63, 3.8) is 0 Å². The maximum Gasteiger partial charge on any atom is 0.369 e. The van der Waals surface area contributed by atoms with E-state index in [0.29, 0.717) is 11.5 Å². The highest BCUT2D eigenvalue weighted by Crippen LogP contribution is 2.14. The van der Waals surface area contributed by atoms with Gasteiger partial charge in [-0.2, -0.15) is 9.36 Å². The number of nitrogens with zero attached hydrogens (tertiary/aromatic N) is 4. The summed E-state index contributed by atoms with van der Waals surface area (Å²) >= 11 is 1.41. The van der Waals surface area contributed by atoms with Crippen molar-refractivity contribution in [2.75, 3.05) is 6.54 Å². The van der Waals surface area contributed by atoms with Crippen molar-refractivity contribution in [1.82, 2.24) is 25.1 Å². The first-order valence-corrected chi connectivity index (χ1v) is 8.44. The van der Waals surface area contributed by atoms with Crippen LogP contribution in [-0.2, 0) is 11.3 Å². The van der Waals surface area contributed by atoms with E-state index >= 15 is 0 Å². The van der Waals surface area contributed by atoms with E-state index in [9.17, 15) is 9.59 Å². The highest BCUT2D eigenvalue weighted by molar-refractivity contribution is 7.12. The molecule has 0 spiro atoms. The van der Waals surface area contributed by atoms with Gasteiger partial charge in [0.25, 0.3) is 0 Å². The van der Waals surface area contributed by atoms with Crippen LogP contribution in [0.1, 0.15) is 18.4 Å². The number of carbonyl (C=O) groups is 1. The molecule has 0 bridgehead atoms. The molecule has 0 aliphatic rings. The molecule has 3 aromatic rings. The summed E-state index contributed by atoms with van der Waals surface area (Å²) < 4.78 is 2.49. The highest BCUT2D eigenvalue weighted by atomic mass is 32.1. The van der Waals surface area contributed by atoms with E-state index in [1.54, 1.807) is 6.07 Å². The first-order valence-electron chi connectivity index (χ1n) is 7.56. The molecular weight excluding hydrogens is 326 g/mol. The molecular formula is C16H17N5O2S. The Morgan fingerprint density at radius 2 is 2.00 bits per heavy atom. The molecule has 0 saturated carbocycles. The Morgan fingerprint density at radius 3 is 2.71 bits per heavy atom. The molecule has 1 aromatic carbocycles. The number of rotatable bonds is 6. The number of thiophene rings is 1. The summed E-state index contributed by atoms with van der Waals surface area (Å²) in [4.78, 5) is 24.4. The predicted octanol–water partition coefficient (Wildman–Crippen LogP) is 1.41. The zero-order valence-corrected chi connectivity index (χ0v) is 13.9. The molecule has 0 fully saturated rings. The van der Waals surface area contributed by atoms with Gasteiger partial charge in [0.15, 0.2) is 0 Å². The Kier molecular flexibility index (Phi) is 4.85. The summed E-state index contributed by atoms with van der Waals surface area (Å²) in [6.45, 7) is 2.44. The summed E-state index contributed by atoms with van der Waals surface area (Å²) in [6.07, 6.45) is 0. The van der Waals surface area contributed by atoms with Crippen LogP contribution >= 0.6 is 11.3 Å². The molecule has 3 rings (SSSR count). The molecule has 0 radical (unpaired) electrons. The first-order chi connectivity index (χ1) is 11.7. The number of benzene rings is 1. The smallest absolute Gasteiger partial charge is 0.354 e. The van der Waals surface area contributed by atoms with Crippen LogP contribution in [0.3, 0.4) is 0 Å². The molecule has 0 aliphatic carbocycles. The zero-order chi connectivity index (χ0) is 16.9. The van der Waals surface area contributed by atoms with Gasteiger partial charge in [-0.1, -0.05) is 30.3 Å². The van der Waals surface area contributed by atoms with Gasteiger partial charge in [-0.25, -0.2) is 4.79 Å². The topological polar surface area (TPSA) is 81.8 Å². The van der Waals surface area contributed by atoms with Gasteiger partial charge in [0.2, 0.25) is 5.91 Å². The maximum absolute atomic E-state index is 12.2. The van der Waals surface area contributed by atoms with E-state index in [0.717, 1.165) is 5.56 Å². The van der Waals surface area contributed by atoms with Crippen molar-refractivity contribution < 1.29 is 4.79 Å². The summed E-state index contributed by atoms with van der Waals surface area (Å²) in [5, 5.41) is 13.1.